The molecule has 1 fully saturated rings. The Morgan fingerprint density at radius 1 is 0.387 bits per heavy atom. The molecule has 0 N–H and O–H groups in total. The van der Waals surface area contributed by atoms with Crippen LogP contribution in [-0.2, 0) is 16.2 Å². The summed E-state index contributed by atoms with van der Waals surface area (Å²) >= 11 is 0. The molecule has 0 bridgehead atoms. The van der Waals surface area contributed by atoms with Gasteiger partial charge in [0.15, 0.2) is 5.58 Å². The molecule has 1 atom stereocenters. The highest BCUT2D eigenvalue weighted by atomic mass is 16.3. The van der Waals surface area contributed by atoms with Crippen molar-refractivity contribution in [3.8, 4) is 44.5 Å². The van der Waals surface area contributed by atoms with Crippen molar-refractivity contribution in [2.24, 2.45) is 0 Å². The number of nitrogens with zero attached hydrogens (tertiary/aromatic N) is 1. The zero-order valence-electron chi connectivity index (χ0n) is 44.2. The normalized spacial score (nSPS) is 17.9. The van der Waals surface area contributed by atoms with Crippen LogP contribution in [0.1, 0.15) is 142 Å². The highest BCUT2D eigenvalue weighted by Crippen LogP contribution is 2.59. The van der Waals surface area contributed by atoms with E-state index in [2.05, 4.69) is 223 Å². The molecule has 1 heterocycles. The second-order valence-electron chi connectivity index (χ2n) is 24.6. The van der Waals surface area contributed by atoms with Gasteiger partial charge in [-0.1, -0.05) is 183 Å². The summed E-state index contributed by atoms with van der Waals surface area (Å²) in [6, 6.07) is 66.0. The number of benzene rings is 10. The molecule has 1 unspecified atom stereocenters. The number of rotatable bonds is 4. The second-order valence-corrected chi connectivity index (χ2v) is 24.6. The Bertz CT molecular complexity index is 4330. The number of anilines is 3. The Balaban J connectivity index is 0.888. The van der Waals surface area contributed by atoms with Gasteiger partial charge in [-0.2, -0.15) is 0 Å². The maximum Gasteiger partial charge on any atom is 0.159 e. The molecule has 364 valence electrons. The first-order valence-corrected chi connectivity index (χ1v) is 27.8. The minimum absolute atomic E-state index is 0.151. The summed E-state index contributed by atoms with van der Waals surface area (Å²) in [6.45, 7) is 17.0. The number of hydrogen-bond donors (Lipinski definition) is 0. The quantitative estimate of drug-likeness (QED) is 0.175. The van der Waals surface area contributed by atoms with Gasteiger partial charge in [-0.05, 0) is 189 Å². The summed E-state index contributed by atoms with van der Waals surface area (Å²) in [5, 5.41) is 7.83. The third kappa shape index (κ3) is 5.76. The van der Waals surface area contributed by atoms with E-state index in [9.17, 15) is 0 Å². The first kappa shape index (κ1) is 43.7. The third-order valence-corrected chi connectivity index (χ3v) is 19.7. The summed E-state index contributed by atoms with van der Waals surface area (Å²) in [6.07, 6.45) is 6.35. The van der Waals surface area contributed by atoms with Gasteiger partial charge in [-0.3, -0.25) is 0 Å². The predicted octanol–water partition coefficient (Wildman–Crippen LogP) is 20.5. The van der Waals surface area contributed by atoms with Gasteiger partial charge in [0, 0.05) is 44.3 Å². The summed E-state index contributed by atoms with van der Waals surface area (Å²) in [4.78, 5) is 2.53. The zero-order valence-corrected chi connectivity index (χ0v) is 44.2. The molecule has 5 aliphatic rings. The zero-order chi connectivity index (χ0) is 50.4. The summed E-state index contributed by atoms with van der Waals surface area (Å²) in [5.74, 6) is 0.823. The maximum atomic E-state index is 7.36. The fraction of sp³-hybridized carbons (Fsp3) is 0.233. The van der Waals surface area contributed by atoms with Gasteiger partial charge in [0.25, 0.3) is 0 Å². The lowest BCUT2D eigenvalue weighted by atomic mass is 9.67. The van der Waals surface area contributed by atoms with Gasteiger partial charge >= 0.3 is 0 Å². The molecule has 0 aliphatic heterocycles. The van der Waals surface area contributed by atoms with Crippen LogP contribution in [0, 0.1) is 0 Å². The average molecular weight is 968 g/mol. The van der Waals surface area contributed by atoms with E-state index in [-0.39, 0.29) is 16.2 Å². The molecule has 0 spiro atoms. The Labute approximate surface area is 440 Å². The Morgan fingerprint density at radius 3 is 1.55 bits per heavy atom. The van der Waals surface area contributed by atoms with Crippen molar-refractivity contribution in [2.45, 2.75) is 109 Å². The van der Waals surface area contributed by atoms with Crippen LogP contribution in [0.5, 0.6) is 0 Å². The molecule has 5 aliphatic carbocycles. The van der Waals surface area contributed by atoms with Crippen molar-refractivity contribution >= 4 is 60.5 Å². The number of hydrogen-bond acceptors (Lipinski definition) is 2. The van der Waals surface area contributed by atoms with Crippen molar-refractivity contribution < 1.29 is 4.42 Å². The molecule has 1 aromatic heterocycles. The Morgan fingerprint density at radius 2 is 0.880 bits per heavy atom. The molecule has 0 amide bonds. The summed E-state index contributed by atoms with van der Waals surface area (Å²) in [7, 11) is 0. The van der Waals surface area contributed by atoms with Crippen molar-refractivity contribution in [1.82, 2.24) is 0 Å². The van der Waals surface area contributed by atoms with Crippen LogP contribution in [0.3, 0.4) is 0 Å². The second kappa shape index (κ2) is 15.0. The standard InChI is InChI=1S/C73H61NO/c1-41-47-23-11-19-43-20-12-25-51(67(43)47)56-38-63-57(37-55(41)56)49-33-31-45(35-61(49)72(63,4)5)74(66-30-16-28-54-53-27-15-24-48(69(53)75-70(54)66)42-17-9-8-10-18-42)46-32-34-50-58-39-65-59(40-64(58)73(6,7)62(50)36-46)52-26-13-21-44-22-14-29-60(68(44)52)71(65,2)3/h11-16,19-42H,8-10,17-18H2,1-7H3. The molecule has 0 saturated heterocycles. The Hall–Kier alpha value is -7.68. The van der Waals surface area contributed by atoms with E-state index in [4.69, 9.17) is 4.42 Å². The van der Waals surface area contributed by atoms with Gasteiger partial charge < -0.3 is 9.32 Å². The topological polar surface area (TPSA) is 16.4 Å². The van der Waals surface area contributed by atoms with Crippen LogP contribution in [0.2, 0.25) is 0 Å². The lowest BCUT2D eigenvalue weighted by Gasteiger charge is -2.36. The van der Waals surface area contributed by atoms with Crippen LogP contribution in [0.15, 0.2) is 174 Å². The van der Waals surface area contributed by atoms with Gasteiger partial charge in [-0.15, -0.1) is 0 Å². The fourth-order valence-corrected chi connectivity index (χ4v) is 15.7. The molecule has 16 rings (SSSR count). The molecule has 11 aromatic rings. The van der Waals surface area contributed by atoms with Gasteiger partial charge in [-0.25, -0.2) is 0 Å². The van der Waals surface area contributed by atoms with E-state index >= 15 is 0 Å². The first-order valence-electron chi connectivity index (χ1n) is 27.8. The molecule has 10 aromatic carbocycles. The molecule has 1 saturated carbocycles. The molecule has 2 nitrogen and oxygen atoms in total. The maximum absolute atomic E-state index is 7.36. The van der Waals surface area contributed by atoms with Crippen molar-refractivity contribution in [3.05, 3.63) is 220 Å². The van der Waals surface area contributed by atoms with Crippen molar-refractivity contribution in [3.63, 3.8) is 0 Å². The van der Waals surface area contributed by atoms with E-state index < -0.39 is 0 Å². The van der Waals surface area contributed by atoms with E-state index in [1.54, 1.807) is 0 Å². The van der Waals surface area contributed by atoms with E-state index in [0.717, 1.165) is 28.2 Å². The lowest BCUT2D eigenvalue weighted by Crippen LogP contribution is -2.24. The van der Waals surface area contributed by atoms with Crippen LogP contribution < -0.4 is 4.90 Å². The van der Waals surface area contributed by atoms with Crippen LogP contribution in [0.25, 0.3) is 88.0 Å². The van der Waals surface area contributed by atoms with E-state index in [1.807, 2.05) is 0 Å². The van der Waals surface area contributed by atoms with E-state index in [1.165, 1.54) is 159 Å². The van der Waals surface area contributed by atoms with E-state index in [0.29, 0.717) is 11.8 Å². The first-order chi connectivity index (χ1) is 36.4. The summed E-state index contributed by atoms with van der Waals surface area (Å²) in [5.41, 5.74) is 28.1. The fourth-order valence-electron chi connectivity index (χ4n) is 15.7. The minimum Gasteiger partial charge on any atom is -0.454 e. The SMILES string of the molecule is CC1c2cc3c(cc2-c2cccc4cccc1c24)C(C)(C)c1cc(N(c2ccc4c(c2)C(C)(C)c2cc5c(cc2-4)C(C)(C)c2cccc4cccc-5c24)c2cccc4c2oc2c(C5CCCCC5)cccc24)ccc1-3. The van der Waals surface area contributed by atoms with Crippen molar-refractivity contribution in [2.75, 3.05) is 4.90 Å². The van der Waals surface area contributed by atoms with Crippen LogP contribution >= 0.6 is 0 Å². The smallest absolute Gasteiger partial charge is 0.159 e. The average Bonchev–Trinajstić information content (AvgIpc) is 4.03. The molecule has 2 heteroatoms. The minimum atomic E-state index is -0.252. The van der Waals surface area contributed by atoms with Gasteiger partial charge in [0.05, 0.1) is 5.69 Å². The lowest BCUT2D eigenvalue weighted by molar-refractivity contribution is 0.442. The molecule has 0 radical (unpaired) electrons. The molecular formula is C73H61NO. The number of fused-ring (bicyclic) bond motifs is 13. The van der Waals surface area contributed by atoms with Crippen molar-refractivity contribution in [1.29, 1.82) is 0 Å². The number of para-hydroxylation sites is 2. The van der Waals surface area contributed by atoms with Gasteiger partial charge in [0.2, 0.25) is 0 Å². The van der Waals surface area contributed by atoms with Crippen LogP contribution in [-0.4, -0.2) is 0 Å². The highest BCUT2D eigenvalue weighted by Gasteiger charge is 2.42. The predicted molar refractivity (Wildman–Crippen MR) is 315 cm³/mol. The monoisotopic (exact) mass is 967 g/mol. The summed E-state index contributed by atoms with van der Waals surface area (Å²) < 4.78 is 7.36. The third-order valence-electron chi connectivity index (χ3n) is 19.7. The number of furan rings is 1. The van der Waals surface area contributed by atoms with Crippen LogP contribution in [0.4, 0.5) is 17.1 Å². The Kier molecular flexibility index (Phi) is 8.74. The molecule has 75 heavy (non-hydrogen) atoms. The highest BCUT2D eigenvalue weighted by molar-refractivity contribution is 6.12. The van der Waals surface area contributed by atoms with Gasteiger partial charge in [0.1, 0.15) is 5.58 Å². The largest absolute Gasteiger partial charge is 0.454 e. The molecular weight excluding hydrogens is 907 g/mol.